The van der Waals surface area contributed by atoms with Crippen LogP contribution < -0.4 is 10.5 Å². The van der Waals surface area contributed by atoms with Gasteiger partial charge in [-0.1, -0.05) is 22.4 Å². The van der Waals surface area contributed by atoms with Crippen molar-refractivity contribution in [2.75, 3.05) is 13.2 Å². The van der Waals surface area contributed by atoms with Gasteiger partial charge in [0.25, 0.3) is 0 Å². The van der Waals surface area contributed by atoms with E-state index in [9.17, 15) is 0 Å². The summed E-state index contributed by atoms with van der Waals surface area (Å²) in [5, 5.41) is 0. The Morgan fingerprint density at radius 2 is 2.06 bits per heavy atom. The molecule has 1 aromatic carbocycles. The highest BCUT2D eigenvalue weighted by Gasteiger charge is 2.43. The highest BCUT2D eigenvalue weighted by molar-refractivity contribution is 9.10. The molecule has 0 aromatic heterocycles. The van der Waals surface area contributed by atoms with E-state index >= 15 is 0 Å². The number of nitrogens with two attached hydrogens (primary N) is 1. The first-order valence-corrected chi connectivity index (χ1v) is 7.65. The van der Waals surface area contributed by atoms with Gasteiger partial charge in [-0.2, -0.15) is 0 Å². The maximum absolute atomic E-state index is 5.93. The van der Waals surface area contributed by atoms with Crippen molar-refractivity contribution in [3.8, 4) is 5.75 Å². The molecule has 3 rings (SSSR count). The third-order valence-electron chi connectivity index (χ3n) is 4.44. The van der Waals surface area contributed by atoms with Gasteiger partial charge >= 0.3 is 0 Å². The summed E-state index contributed by atoms with van der Waals surface area (Å²) < 4.78 is 7.03. The van der Waals surface area contributed by atoms with E-state index in [0.717, 1.165) is 29.3 Å². The molecule has 0 aliphatic heterocycles. The lowest BCUT2D eigenvalue weighted by molar-refractivity contribution is 0.180. The molecule has 0 heterocycles. The molecule has 2 aliphatic rings. The van der Waals surface area contributed by atoms with Crippen LogP contribution in [-0.4, -0.2) is 13.2 Å². The minimum Gasteiger partial charge on any atom is -0.493 e. The number of hydrogen-bond donors (Lipinski definition) is 1. The van der Waals surface area contributed by atoms with Crippen LogP contribution in [0.15, 0.2) is 22.7 Å². The molecule has 0 bridgehead atoms. The Morgan fingerprint density at radius 1 is 1.28 bits per heavy atom. The van der Waals surface area contributed by atoms with Crippen molar-refractivity contribution in [2.24, 2.45) is 11.7 Å². The van der Waals surface area contributed by atoms with Crippen molar-refractivity contribution in [2.45, 2.75) is 37.5 Å². The second-order valence-corrected chi connectivity index (χ2v) is 6.68. The predicted octanol–water partition coefficient (Wildman–Crippen LogP) is 3.62. The second kappa shape index (κ2) is 4.86. The van der Waals surface area contributed by atoms with Gasteiger partial charge in [-0.05, 0) is 55.4 Å². The van der Waals surface area contributed by atoms with Gasteiger partial charge in [0, 0.05) is 16.4 Å². The average Bonchev–Trinajstić information content (AvgIpc) is 3.07. The Labute approximate surface area is 117 Å². The van der Waals surface area contributed by atoms with Crippen LogP contribution in [0.2, 0.25) is 0 Å². The van der Waals surface area contributed by atoms with E-state index in [1.165, 1.54) is 37.7 Å². The summed E-state index contributed by atoms with van der Waals surface area (Å²) >= 11 is 3.58. The third-order valence-corrected chi connectivity index (χ3v) is 4.90. The highest BCUT2D eigenvalue weighted by atomic mass is 79.9. The van der Waals surface area contributed by atoms with Gasteiger partial charge in [0.05, 0.1) is 6.61 Å². The summed E-state index contributed by atoms with van der Waals surface area (Å²) in [7, 11) is 0. The lowest BCUT2D eigenvalue weighted by Crippen LogP contribution is -2.21. The zero-order valence-corrected chi connectivity index (χ0v) is 12.2. The normalized spacial score (nSPS) is 21.4. The van der Waals surface area contributed by atoms with Crippen LogP contribution in [0.25, 0.3) is 0 Å². The highest BCUT2D eigenvalue weighted by Crippen LogP contribution is 2.48. The van der Waals surface area contributed by atoms with Crippen LogP contribution in [0.5, 0.6) is 5.75 Å². The van der Waals surface area contributed by atoms with Gasteiger partial charge in [0.2, 0.25) is 0 Å². The van der Waals surface area contributed by atoms with Crippen LogP contribution in [0.3, 0.4) is 0 Å². The fourth-order valence-corrected chi connectivity index (χ4v) is 3.06. The van der Waals surface area contributed by atoms with E-state index in [2.05, 4.69) is 34.1 Å². The summed E-state index contributed by atoms with van der Waals surface area (Å²) in [6.07, 6.45) is 6.44. The van der Waals surface area contributed by atoms with Crippen molar-refractivity contribution in [1.29, 1.82) is 0 Å². The summed E-state index contributed by atoms with van der Waals surface area (Å²) in [4.78, 5) is 0. The Bertz CT molecular complexity index is 438. The molecule has 0 saturated heterocycles. The molecule has 2 saturated carbocycles. The topological polar surface area (TPSA) is 35.2 Å². The lowest BCUT2D eigenvalue weighted by Gasteiger charge is -2.25. The van der Waals surface area contributed by atoms with Crippen LogP contribution in [0.4, 0.5) is 0 Å². The average molecular weight is 310 g/mol. The minimum absolute atomic E-state index is 0.234. The van der Waals surface area contributed by atoms with Crippen LogP contribution >= 0.6 is 15.9 Å². The molecule has 18 heavy (non-hydrogen) atoms. The zero-order chi connectivity index (χ0) is 12.6. The summed E-state index contributed by atoms with van der Waals surface area (Å²) in [5.74, 6) is 1.77. The van der Waals surface area contributed by atoms with Crippen molar-refractivity contribution < 1.29 is 4.74 Å². The number of benzene rings is 1. The van der Waals surface area contributed by atoms with Crippen LogP contribution in [-0.2, 0) is 5.41 Å². The quantitative estimate of drug-likeness (QED) is 0.901. The summed E-state index contributed by atoms with van der Waals surface area (Å²) in [6, 6.07) is 6.44. The van der Waals surface area contributed by atoms with Gasteiger partial charge in [0.1, 0.15) is 5.75 Å². The standard InChI is InChI=1S/C15H20BrNO/c16-13-6-12(15(10-17)4-5-15)7-14(8-13)18-9-11-2-1-3-11/h6-8,11H,1-5,9-10,17H2. The predicted molar refractivity (Wildman–Crippen MR) is 76.9 cm³/mol. The molecule has 2 fully saturated rings. The fourth-order valence-electron chi connectivity index (χ4n) is 2.59. The molecule has 2 nitrogen and oxygen atoms in total. The summed E-state index contributed by atoms with van der Waals surface area (Å²) in [6.45, 7) is 1.61. The molecule has 2 aliphatic carbocycles. The van der Waals surface area contributed by atoms with Crippen molar-refractivity contribution >= 4 is 15.9 Å². The smallest absolute Gasteiger partial charge is 0.120 e. The number of hydrogen-bond acceptors (Lipinski definition) is 2. The van der Waals surface area contributed by atoms with E-state index in [1.54, 1.807) is 0 Å². The van der Waals surface area contributed by atoms with Crippen LogP contribution in [0, 0.1) is 5.92 Å². The monoisotopic (exact) mass is 309 g/mol. The Morgan fingerprint density at radius 3 is 2.61 bits per heavy atom. The number of rotatable bonds is 5. The van der Waals surface area contributed by atoms with E-state index in [4.69, 9.17) is 10.5 Å². The first-order chi connectivity index (χ1) is 8.72. The molecule has 3 heteroatoms. The largest absolute Gasteiger partial charge is 0.493 e. The van der Waals surface area contributed by atoms with Crippen molar-refractivity contribution in [1.82, 2.24) is 0 Å². The van der Waals surface area contributed by atoms with Gasteiger partial charge in [0.15, 0.2) is 0 Å². The molecule has 2 N–H and O–H groups in total. The minimum atomic E-state index is 0.234. The molecular weight excluding hydrogens is 290 g/mol. The number of halogens is 1. The Balaban J connectivity index is 1.73. The molecule has 0 radical (unpaired) electrons. The van der Waals surface area contributed by atoms with Crippen molar-refractivity contribution in [3.05, 3.63) is 28.2 Å². The molecule has 0 unspecified atom stereocenters. The van der Waals surface area contributed by atoms with Gasteiger partial charge < -0.3 is 10.5 Å². The molecule has 0 amide bonds. The number of ether oxygens (including phenoxy) is 1. The maximum atomic E-state index is 5.93. The molecule has 1 aromatic rings. The molecular formula is C15H20BrNO. The van der Waals surface area contributed by atoms with Crippen molar-refractivity contribution in [3.63, 3.8) is 0 Å². The molecule has 98 valence electrons. The zero-order valence-electron chi connectivity index (χ0n) is 10.6. The van der Waals surface area contributed by atoms with Gasteiger partial charge in [-0.15, -0.1) is 0 Å². The first kappa shape index (κ1) is 12.5. The Hall–Kier alpha value is -0.540. The van der Waals surface area contributed by atoms with Gasteiger partial charge in [-0.3, -0.25) is 0 Å². The van der Waals surface area contributed by atoms with E-state index < -0.39 is 0 Å². The Kier molecular flexibility index (Phi) is 3.37. The fraction of sp³-hybridized carbons (Fsp3) is 0.600. The van der Waals surface area contributed by atoms with Gasteiger partial charge in [-0.25, -0.2) is 0 Å². The lowest BCUT2D eigenvalue weighted by atomic mass is 9.86. The SMILES string of the molecule is NCC1(c2cc(Br)cc(OCC3CCC3)c2)CC1. The van der Waals surface area contributed by atoms with Crippen LogP contribution in [0.1, 0.15) is 37.7 Å². The third kappa shape index (κ3) is 2.43. The van der Waals surface area contributed by atoms with E-state index in [-0.39, 0.29) is 5.41 Å². The summed E-state index contributed by atoms with van der Waals surface area (Å²) in [5.41, 5.74) is 7.47. The van der Waals surface area contributed by atoms with E-state index in [0.29, 0.717) is 0 Å². The van der Waals surface area contributed by atoms with E-state index in [1.807, 2.05) is 0 Å². The maximum Gasteiger partial charge on any atom is 0.120 e. The first-order valence-electron chi connectivity index (χ1n) is 6.86. The molecule has 0 spiro atoms. The molecule has 0 atom stereocenters. The second-order valence-electron chi connectivity index (χ2n) is 5.77.